The van der Waals surface area contributed by atoms with Gasteiger partial charge in [0.05, 0.1) is 9.85 Å². The Morgan fingerprint density at radius 1 is 1.00 bits per heavy atom. The number of hydrogen-bond acceptors (Lipinski definition) is 8. The highest BCUT2D eigenvalue weighted by atomic mass is 16.6. The molecule has 1 aromatic rings. The van der Waals surface area contributed by atoms with Crippen molar-refractivity contribution in [1.29, 1.82) is 0 Å². The normalized spacial score (nSPS) is 9.91. The summed E-state index contributed by atoms with van der Waals surface area (Å²) in [5.41, 5.74) is -1.92. The molecule has 0 bridgehead atoms. The van der Waals surface area contributed by atoms with Crippen LogP contribution in [0.2, 0.25) is 0 Å². The fourth-order valence-electron chi connectivity index (χ4n) is 1.43. The Morgan fingerprint density at radius 3 is 2.00 bits per heavy atom. The predicted molar refractivity (Wildman–Crippen MR) is 71.6 cm³/mol. The van der Waals surface area contributed by atoms with Crippen molar-refractivity contribution in [3.05, 3.63) is 32.4 Å². The van der Waals surface area contributed by atoms with Crippen molar-refractivity contribution < 1.29 is 28.9 Å². The van der Waals surface area contributed by atoms with Gasteiger partial charge in [0.15, 0.2) is 5.75 Å². The van der Waals surface area contributed by atoms with Crippen LogP contribution in [-0.2, 0) is 9.59 Å². The summed E-state index contributed by atoms with van der Waals surface area (Å²) in [6.07, 6.45) is -0.160. The molecule has 0 aromatic heterocycles. The van der Waals surface area contributed by atoms with Gasteiger partial charge in [0.25, 0.3) is 5.75 Å². The highest BCUT2D eigenvalue weighted by Crippen LogP contribution is 2.43. The number of esters is 2. The maximum absolute atomic E-state index is 11.4. The third-order valence-electron chi connectivity index (χ3n) is 2.47. The topological polar surface area (TPSA) is 139 Å². The maximum Gasteiger partial charge on any atom is 0.392 e. The molecule has 22 heavy (non-hydrogen) atoms. The van der Waals surface area contributed by atoms with Gasteiger partial charge in [0.1, 0.15) is 0 Å². The number of hydrogen-bond donors (Lipinski definition) is 0. The van der Waals surface area contributed by atoms with Gasteiger partial charge in [-0.2, -0.15) is 0 Å². The summed E-state index contributed by atoms with van der Waals surface area (Å²) in [4.78, 5) is 42.6. The van der Waals surface area contributed by atoms with Crippen molar-refractivity contribution in [2.24, 2.45) is 0 Å². The lowest BCUT2D eigenvalue weighted by molar-refractivity contribution is -0.423. The molecule has 0 atom stereocenters. The van der Waals surface area contributed by atoms with Crippen molar-refractivity contribution in [2.45, 2.75) is 26.7 Å². The minimum atomic E-state index is -1.07. The van der Waals surface area contributed by atoms with Gasteiger partial charge in [-0.15, -0.1) is 0 Å². The van der Waals surface area contributed by atoms with E-state index in [1.165, 1.54) is 13.8 Å². The van der Waals surface area contributed by atoms with Gasteiger partial charge in [-0.3, -0.25) is 29.8 Å². The number of ether oxygens (including phenoxy) is 2. The van der Waals surface area contributed by atoms with Crippen LogP contribution in [0.25, 0.3) is 0 Å². The smallest absolute Gasteiger partial charge is 0.392 e. The van der Waals surface area contributed by atoms with E-state index < -0.39 is 44.7 Å². The molecule has 0 spiro atoms. The average Bonchev–Trinajstić information content (AvgIpc) is 2.47. The molecule has 0 N–H and O–H groups in total. The summed E-state index contributed by atoms with van der Waals surface area (Å²) >= 11 is 0. The van der Waals surface area contributed by atoms with Crippen LogP contribution in [0.4, 0.5) is 11.4 Å². The van der Waals surface area contributed by atoms with E-state index in [1.54, 1.807) is 0 Å². The first-order chi connectivity index (χ1) is 10.3. The molecule has 0 aliphatic heterocycles. The van der Waals surface area contributed by atoms with Crippen molar-refractivity contribution in [2.75, 3.05) is 0 Å². The summed E-state index contributed by atoms with van der Waals surface area (Å²) in [6, 6.07) is 1.77. The van der Waals surface area contributed by atoms with Crippen molar-refractivity contribution in [3.63, 3.8) is 0 Å². The molecule has 0 aliphatic rings. The summed E-state index contributed by atoms with van der Waals surface area (Å²) in [5, 5.41) is 22.0. The van der Waals surface area contributed by atoms with Gasteiger partial charge >= 0.3 is 23.3 Å². The van der Waals surface area contributed by atoms with Crippen LogP contribution in [0, 0.1) is 20.2 Å². The Hall–Kier alpha value is -3.04. The lowest BCUT2D eigenvalue weighted by Crippen LogP contribution is -2.12. The molecular weight excluding hydrogens is 300 g/mol. The Balaban J connectivity index is 3.53. The van der Waals surface area contributed by atoms with Crippen molar-refractivity contribution >= 4 is 23.3 Å². The second-order valence-corrected chi connectivity index (χ2v) is 3.93. The monoisotopic (exact) mass is 312 g/mol. The molecule has 0 unspecified atom stereocenters. The van der Waals surface area contributed by atoms with Gasteiger partial charge in [0.2, 0.25) is 0 Å². The molecule has 0 radical (unpaired) electrons. The molecular formula is C12H12N2O8. The summed E-state index contributed by atoms with van der Waals surface area (Å²) in [5.74, 6) is -2.78. The Kier molecular flexibility index (Phi) is 5.50. The lowest BCUT2D eigenvalue weighted by Gasteiger charge is -2.10. The van der Waals surface area contributed by atoms with Crippen LogP contribution >= 0.6 is 0 Å². The minimum Gasteiger partial charge on any atom is -0.422 e. The molecule has 0 saturated carbocycles. The predicted octanol–water partition coefficient (Wildman–Crippen LogP) is 2.13. The quantitative estimate of drug-likeness (QED) is 0.337. The van der Waals surface area contributed by atoms with Gasteiger partial charge in [0, 0.05) is 18.9 Å². The Morgan fingerprint density at radius 2 is 1.55 bits per heavy atom. The van der Waals surface area contributed by atoms with E-state index in [4.69, 9.17) is 9.47 Å². The SMILES string of the molecule is CCC(=O)Oc1ccc([N+](=O)[O-])c([N+](=O)[O-])c1OC(=O)CC. The molecule has 10 heteroatoms. The van der Waals surface area contributed by atoms with Gasteiger partial charge in [-0.1, -0.05) is 13.8 Å². The van der Waals surface area contributed by atoms with E-state index in [0.29, 0.717) is 0 Å². The van der Waals surface area contributed by atoms with Crippen LogP contribution in [0.1, 0.15) is 26.7 Å². The summed E-state index contributed by atoms with van der Waals surface area (Å²) in [7, 11) is 0. The molecule has 0 saturated heterocycles. The fraction of sp³-hybridized carbons (Fsp3) is 0.333. The van der Waals surface area contributed by atoms with E-state index in [-0.39, 0.29) is 12.8 Å². The molecule has 0 amide bonds. The van der Waals surface area contributed by atoms with E-state index in [2.05, 4.69) is 0 Å². The molecule has 0 fully saturated rings. The Labute approximate surface area is 123 Å². The molecule has 0 aliphatic carbocycles. The first-order valence-corrected chi connectivity index (χ1v) is 6.18. The van der Waals surface area contributed by atoms with Crippen LogP contribution < -0.4 is 9.47 Å². The molecule has 10 nitrogen and oxygen atoms in total. The maximum atomic E-state index is 11.4. The summed E-state index contributed by atoms with van der Waals surface area (Å²) in [6.45, 7) is 2.92. The number of nitro groups is 2. The zero-order valence-corrected chi connectivity index (χ0v) is 11.7. The third-order valence-corrected chi connectivity index (χ3v) is 2.47. The lowest BCUT2D eigenvalue weighted by atomic mass is 10.2. The summed E-state index contributed by atoms with van der Waals surface area (Å²) < 4.78 is 9.58. The highest BCUT2D eigenvalue weighted by Gasteiger charge is 2.34. The Bertz CT molecular complexity index is 640. The van der Waals surface area contributed by atoms with Crippen molar-refractivity contribution in [3.8, 4) is 11.5 Å². The van der Waals surface area contributed by atoms with E-state index in [9.17, 15) is 29.8 Å². The number of rotatable bonds is 6. The first kappa shape index (κ1) is 17.0. The van der Waals surface area contributed by atoms with Gasteiger partial charge < -0.3 is 9.47 Å². The standard InChI is InChI=1S/C12H12N2O8/c1-3-9(15)21-8-6-5-7(13(17)18)11(14(19)20)12(8)22-10(16)4-2/h5-6H,3-4H2,1-2H3. The number of benzene rings is 1. The second-order valence-electron chi connectivity index (χ2n) is 3.93. The number of nitro benzene ring substituents is 2. The second kappa shape index (κ2) is 7.11. The molecule has 118 valence electrons. The van der Waals surface area contributed by atoms with Gasteiger partial charge in [-0.25, -0.2) is 0 Å². The fourth-order valence-corrected chi connectivity index (χ4v) is 1.43. The first-order valence-electron chi connectivity index (χ1n) is 6.18. The van der Waals surface area contributed by atoms with Crippen LogP contribution in [0.3, 0.4) is 0 Å². The molecule has 1 aromatic carbocycles. The van der Waals surface area contributed by atoms with Crippen molar-refractivity contribution in [1.82, 2.24) is 0 Å². The van der Waals surface area contributed by atoms with E-state index in [0.717, 1.165) is 12.1 Å². The van der Waals surface area contributed by atoms with Crippen LogP contribution in [0.5, 0.6) is 11.5 Å². The van der Waals surface area contributed by atoms with E-state index in [1.807, 2.05) is 0 Å². The molecule has 0 heterocycles. The highest BCUT2D eigenvalue weighted by molar-refractivity contribution is 5.80. The average molecular weight is 312 g/mol. The number of nitrogens with zero attached hydrogens (tertiary/aromatic N) is 2. The zero-order chi connectivity index (χ0) is 16.9. The van der Waals surface area contributed by atoms with Crippen LogP contribution in [0.15, 0.2) is 12.1 Å². The minimum absolute atomic E-state index is 0.0358. The van der Waals surface area contributed by atoms with E-state index >= 15 is 0 Å². The zero-order valence-electron chi connectivity index (χ0n) is 11.7. The third kappa shape index (κ3) is 3.75. The number of carbonyl (C=O) groups is 2. The molecule has 1 rings (SSSR count). The number of carbonyl (C=O) groups excluding carboxylic acids is 2. The van der Waals surface area contributed by atoms with Crippen LogP contribution in [-0.4, -0.2) is 21.8 Å². The van der Waals surface area contributed by atoms with Gasteiger partial charge in [-0.05, 0) is 6.07 Å². The largest absolute Gasteiger partial charge is 0.422 e.